The quantitative estimate of drug-likeness (QED) is 0.879. The van der Waals surface area contributed by atoms with Gasteiger partial charge in [0, 0.05) is 6.92 Å². The van der Waals surface area contributed by atoms with E-state index in [2.05, 4.69) is 9.68 Å². The van der Waals surface area contributed by atoms with Crippen LogP contribution < -0.4 is 5.73 Å². The highest BCUT2D eigenvalue weighted by Gasteiger charge is 2.34. The molecule has 2 rings (SSSR count). The van der Waals surface area contributed by atoms with Gasteiger partial charge in [-0.15, -0.1) is 0 Å². The molecule has 3 nitrogen and oxygen atoms in total. The Morgan fingerprint density at radius 1 is 1.24 bits per heavy atom. The number of halogens is 3. The third-order valence-electron chi connectivity index (χ3n) is 2.27. The first-order chi connectivity index (χ1) is 7.89. The van der Waals surface area contributed by atoms with Crippen LogP contribution in [0, 0.1) is 5.82 Å². The lowest BCUT2D eigenvalue weighted by Gasteiger charge is -2.08. The van der Waals surface area contributed by atoms with E-state index in [1.165, 1.54) is 12.1 Å². The Morgan fingerprint density at radius 2 is 1.82 bits per heavy atom. The molecule has 0 spiro atoms. The first-order valence-corrected chi connectivity index (χ1v) is 4.79. The van der Waals surface area contributed by atoms with E-state index in [1.54, 1.807) is 0 Å². The number of benzene rings is 1. The topological polar surface area (TPSA) is 52.0 Å². The van der Waals surface area contributed by atoms with Crippen molar-refractivity contribution < 1.29 is 17.7 Å². The smallest absolute Gasteiger partial charge is 0.291 e. The molecule has 1 aromatic carbocycles. The largest absolute Gasteiger partial charge is 0.367 e. The lowest BCUT2D eigenvalue weighted by Crippen LogP contribution is -2.09. The monoisotopic (exact) mass is 242 g/mol. The van der Waals surface area contributed by atoms with Gasteiger partial charge in [-0.1, -0.05) is 17.3 Å². The van der Waals surface area contributed by atoms with Gasteiger partial charge in [0.05, 0.1) is 5.56 Å². The number of aromatic nitrogens is 1. The minimum absolute atomic E-state index is 0.00231. The Labute approximate surface area is 95.0 Å². The summed E-state index contributed by atoms with van der Waals surface area (Å²) in [5, 5.41) is 3.24. The van der Waals surface area contributed by atoms with Crippen LogP contribution in [0.5, 0.6) is 0 Å². The van der Waals surface area contributed by atoms with Crippen molar-refractivity contribution in [2.24, 2.45) is 0 Å². The predicted octanol–water partition coefficient (Wildman–Crippen LogP) is 3.17. The average molecular weight is 242 g/mol. The van der Waals surface area contributed by atoms with E-state index in [-0.39, 0.29) is 11.4 Å². The van der Waals surface area contributed by atoms with E-state index in [0.717, 1.165) is 12.1 Å². The van der Waals surface area contributed by atoms with Crippen LogP contribution in [0.25, 0.3) is 11.1 Å². The number of anilines is 1. The molecule has 0 radical (unpaired) electrons. The van der Waals surface area contributed by atoms with Crippen LogP contribution in [0.1, 0.15) is 12.6 Å². The first-order valence-electron chi connectivity index (χ1n) is 4.79. The van der Waals surface area contributed by atoms with E-state index in [0.29, 0.717) is 12.5 Å². The molecule has 2 N–H and O–H groups in total. The molecule has 17 heavy (non-hydrogen) atoms. The zero-order valence-electron chi connectivity index (χ0n) is 8.88. The fourth-order valence-electron chi connectivity index (χ4n) is 1.50. The van der Waals surface area contributed by atoms with Crippen LogP contribution in [0.3, 0.4) is 0 Å². The van der Waals surface area contributed by atoms with Gasteiger partial charge in [-0.2, -0.15) is 8.78 Å². The van der Waals surface area contributed by atoms with Crippen molar-refractivity contribution in [2.75, 3.05) is 5.73 Å². The van der Waals surface area contributed by atoms with Gasteiger partial charge < -0.3 is 10.3 Å². The maximum absolute atomic E-state index is 13.2. The molecule has 0 fully saturated rings. The van der Waals surface area contributed by atoms with Crippen molar-refractivity contribution in [1.82, 2.24) is 5.16 Å². The molecule has 0 amide bonds. The number of hydrogen-bond donors (Lipinski definition) is 1. The lowest BCUT2D eigenvalue weighted by molar-refractivity contribution is 0.0103. The highest BCUT2D eigenvalue weighted by molar-refractivity contribution is 5.75. The lowest BCUT2D eigenvalue weighted by atomic mass is 10.0. The van der Waals surface area contributed by atoms with Crippen LogP contribution in [-0.4, -0.2) is 5.16 Å². The van der Waals surface area contributed by atoms with Gasteiger partial charge in [-0.3, -0.25) is 0 Å². The summed E-state index contributed by atoms with van der Waals surface area (Å²) in [6.45, 7) is 0.692. The average Bonchev–Trinajstić information content (AvgIpc) is 2.61. The summed E-state index contributed by atoms with van der Waals surface area (Å²) in [4.78, 5) is 0. The standard InChI is InChI=1S/C11H9F3N2O/c1-11(13,14)9-8(10(15)17-16-9)6-2-4-7(12)5-3-6/h2-5H,15H2,1H3. The maximum atomic E-state index is 13.2. The summed E-state index contributed by atoms with van der Waals surface area (Å²) in [5.74, 6) is -3.85. The Morgan fingerprint density at radius 3 is 2.35 bits per heavy atom. The van der Waals surface area contributed by atoms with E-state index in [4.69, 9.17) is 5.73 Å². The molecule has 1 aromatic heterocycles. The highest BCUT2D eigenvalue weighted by atomic mass is 19.3. The molecular weight excluding hydrogens is 233 g/mol. The van der Waals surface area contributed by atoms with Crippen molar-refractivity contribution in [1.29, 1.82) is 0 Å². The zero-order chi connectivity index (χ0) is 12.6. The normalized spacial score (nSPS) is 11.8. The van der Waals surface area contributed by atoms with Crippen LogP contribution in [0.2, 0.25) is 0 Å². The third kappa shape index (κ3) is 2.11. The molecule has 0 aliphatic heterocycles. The van der Waals surface area contributed by atoms with Gasteiger partial charge in [0.25, 0.3) is 5.92 Å². The summed E-state index contributed by atoms with van der Waals surface area (Å²) in [6.07, 6.45) is 0. The second-order valence-electron chi connectivity index (χ2n) is 3.67. The summed E-state index contributed by atoms with van der Waals surface area (Å²) in [6, 6.07) is 4.99. The van der Waals surface area contributed by atoms with E-state index in [9.17, 15) is 13.2 Å². The van der Waals surface area contributed by atoms with Gasteiger partial charge in [0.2, 0.25) is 5.88 Å². The number of nitrogens with two attached hydrogens (primary N) is 1. The van der Waals surface area contributed by atoms with Gasteiger partial charge in [0.1, 0.15) is 5.82 Å². The third-order valence-corrected chi connectivity index (χ3v) is 2.27. The molecule has 0 bridgehead atoms. The molecule has 0 aliphatic rings. The van der Waals surface area contributed by atoms with Gasteiger partial charge in [-0.05, 0) is 17.7 Å². The molecule has 90 valence electrons. The number of alkyl halides is 2. The Balaban J connectivity index is 2.59. The predicted molar refractivity (Wildman–Crippen MR) is 55.9 cm³/mol. The summed E-state index contributed by atoms with van der Waals surface area (Å²) in [5.41, 5.74) is 5.23. The van der Waals surface area contributed by atoms with E-state index < -0.39 is 17.4 Å². The fraction of sp³-hybridized carbons (Fsp3) is 0.182. The summed E-state index contributed by atoms with van der Waals surface area (Å²) < 4.78 is 43.8. The van der Waals surface area contributed by atoms with E-state index >= 15 is 0 Å². The second kappa shape index (κ2) is 3.80. The maximum Gasteiger partial charge on any atom is 0.291 e. The second-order valence-corrected chi connectivity index (χ2v) is 3.67. The van der Waals surface area contributed by atoms with Crippen molar-refractivity contribution in [3.63, 3.8) is 0 Å². The first kappa shape index (κ1) is 11.5. The number of hydrogen-bond acceptors (Lipinski definition) is 3. The molecule has 0 atom stereocenters. The summed E-state index contributed by atoms with van der Waals surface area (Å²) >= 11 is 0. The minimum Gasteiger partial charge on any atom is -0.367 e. The molecule has 2 aromatic rings. The van der Waals surface area contributed by atoms with Crippen LogP contribution in [0.15, 0.2) is 28.8 Å². The highest BCUT2D eigenvalue weighted by Crippen LogP contribution is 2.38. The van der Waals surface area contributed by atoms with Crippen LogP contribution in [-0.2, 0) is 5.92 Å². The Bertz CT molecular complexity index is 529. The molecule has 0 saturated heterocycles. The molecular formula is C11H9F3N2O. The van der Waals surface area contributed by atoms with E-state index in [1.807, 2.05) is 0 Å². The minimum atomic E-state index is -3.18. The Hall–Kier alpha value is -1.98. The number of nitrogen functional groups attached to an aromatic ring is 1. The fourth-order valence-corrected chi connectivity index (χ4v) is 1.50. The number of nitrogens with zero attached hydrogens (tertiary/aromatic N) is 1. The molecule has 0 aliphatic carbocycles. The Kier molecular flexibility index (Phi) is 2.57. The van der Waals surface area contributed by atoms with Crippen molar-refractivity contribution >= 4 is 5.88 Å². The van der Waals surface area contributed by atoms with Crippen LogP contribution >= 0.6 is 0 Å². The molecule has 1 heterocycles. The van der Waals surface area contributed by atoms with Gasteiger partial charge >= 0.3 is 0 Å². The van der Waals surface area contributed by atoms with Crippen molar-refractivity contribution in [2.45, 2.75) is 12.8 Å². The molecule has 6 heteroatoms. The SMILES string of the molecule is CC(F)(F)c1noc(N)c1-c1ccc(F)cc1. The molecule has 0 unspecified atom stereocenters. The molecule has 0 saturated carbocycles. The van der Waals surface area contributed by atoms with Gasteiger partial charge in [-0.25, -0.2) is 4.39 Å². The number of rotatable bonds is 2. The van der Waals surface area contributed by atoms with Crippen molar-refractivity contribution in [3.8, 4) is 11.1 Å². The zero-order valence-corrected chi connectivity index (χ0v) is 8.88. The summed E-state index contributed by atoms with van der Waals surface area (Å²) in [7, 11) is 0. The van der Waals surface area contributed by atoms with Crippen molar-refractivity contribution in [3.05, 3.63) is 35.8 Å². The van der Waals surface area contributed by atoms with Gasteiger partial charge in [0.15, 0.2) is 5.69 Å². The van der Waals surface area contributed by atoms with Crippen LogP contribution in [0.4, 0.5) is 19.1 Å².